The zero-order chi connectivity index (χ0) is 30.5. The Morgan fingerprint density at radius 2 is 0.844 bits per heavy atom. The maximum Gasteiger partial charge on any atom is 0.0468 e. The van der Waals surface area contributed by atoms with Crippen LogP contribution < -0.4 is 4.90 Å². The van der Waals surface area contributed by atoms with Gasteiger partial charge in [-0.25, -0.2) is 0 Å². The van der Waals surface area contributed by atoms with Crippen molar-refractivity contribution in [1.29, 1.82) is 0 Å². The van der Waals surface area contributed by atoms with Gasteiger partial charge in [-0.15, -0.1) is 0 Å². The lowest BCUT2D eigenvalue weighted by Crippen LogP contribution is -2.16. The van der Waals surface area contributed by atoms with Gasteiger partial charge in [0.15, 0.2) is 0 Å². The van der Waals surface area contributed by atoms with Crippen LogP contribution in [0.15, 0.2) is 140 Å². The molecular weight excluding hydrogens is 542 g/mol. The van der Waals surface area contributed by atoms with Gasteiger partial charge in [0, 0.05) is 27.9 Å². The Balaban J connectivity index is 1.21. The zero-order valence-electron chi connectivity index (χ0n) is 26.2. The van der Waals surface area contributed by atoms with Crippen molar-refractivity contribution >= 4 is 38.6 Å². The van der Waals surface area contributed by atoms with E-state index >= 15 is 0 Å². The van der Waals surface area contributed by atoms with E-state index < -0.39 is 0 Å². The molecular formula is C44H35N. The van der Waals surface area contributed by atoms with Crippen LogP contribution in [0, 0.1) is 0 Å². The Morgan fingerprint density at radius 3 is 1.60 bits per heavy atom. The van der Waals surface area contributed by atoms with Crippen molar-refractivity contribution in [3.05, 3.63) is 162 Å². The van der Waals surface area contributed by atoms with Gasteiger partial charge in [-0.05, 0) is 127 Å². The van der Waals surface area contributed by atoms with Gasteiger partial charge in [-0.1, -0.05) is 107 Å². The summed E-state index contributed by atoms with van der Waals surface area (Å²) in [7, 11) is 0. The van der Waals surface area contributed by atoms with Crippen LogP contribution in [0.2, 0.25) is 0 Å². The number of anilines is 3. The van der Waals surface area contributed by atoms with Crippen LogP contribution in [0.1, 0.15) is 49.9 Å². The quantitative estimate of drug-likeness (QED) is 0.202. The van der Waals surface area contributed by atoms with Gasteiger partial charge in [-0.3, -0.25) is 0 Å². The molecule has 7 aromatic rings. The van der Waals surface area contributed by atoms with E-state index in [4.69, 9.17) is 0 Å². The van der Waals surface area contributed by atoms with Gasteiger partial charge in [0.05, 0.1) is 0 Å². The first-order valence-corrected chi connectivity index (χ1v) is 16.0. The summed E-state index contributed by atoms with van der Waals surface area (Å²) in [6.07, 6.45) is 0. The summed E-state index contributed by atoms with van der Waals surface area (Å²) in [6.45, 7) is 9.46. The SMILES string of the molecule is CC1(C)c2ccccc2-c2ccc(N(c3ccccc3)c3ccc4cc5c(cc4c3)C(C)(C)c3cc4ccccc4cc3-5)cc21. The first-order valence-electron chi connectivity index (χ1n) is 16.0. The maximum atomic E-state index is 2.45. The average Bonchev–Trinajstić information content (AvgIpc) is 3.42. The maximum absolute atomic E-state index is 2.45. The molecule has 0 amide bonds. The summed E-state index contributed by atoms with van der Waals surface area (Å²) in [5.74, 6) is 0. The second-order valence-electron chi connectivity index (χ2n) is 13.9. The third-order valence-electron chi connectivity index (χ3n) is 10.6. The van der Waals surface area contributed by atoms with Crippen LogP contribution in [0.3, 0.4) is 0 Å². The molecule has 0 fully saturated rings. The molecule has 0 saturated heterocycles. The van der Waals surface area contributed by atoms with E-state index in [0.29, 0.717) is 0 Å². The molecule has 0 heterocycles. The molecule has 45 heavy (non-hydrogen) atoms. The molecule has 1 heteroatoms. The predicted molar refractivity (Wildman–Crippen MR) is 191 cm³/mol. The fraction of sp³-hybridized carbons (Fsp3) is 0.136. The predicted octanol–water partition coefficient (Wildman–Crippen LogP) is 12.1. The molecule has 0 aliphatic heterocycles. The summed E-state index contributed by atoms with van der Waals surface area (Å²) in [4.78, 5) is 2.42. The molecule has 1 nitrogen and oxygen atoms in total. The third kappa shape index (κ3) is 3.74. The number of nitrogens with zero attached hydrogens (tertiary/aromatic N) is 1. The summed E-state index contributed by atoms with van der Waals surface area (Å²) in [5.41, 5.74) is 14.4. The van der Waals surface area contributed by atoms with Crippen molar-refractivity contribution in [2.45, 2.75) is 38.5 Å². The van der Waals surface area contributed by atoms with E-state index in [1.54, 1.807) is 0 Å². The molecule has 0 bridgehead atoms. The van der Waals surface area contributed by atoms with Gasteiger partial charge in [0.2, 0.25) is 0 Å². The number of fused-ring (bicyclic) bond motifs is 8. The average molecular weight is 578 g/mol. The van der Waals surface area contributed by atoms with Crippen LogP contribution in [0.25, 0.3) is 43.8 Å². The van der Waals surface area contributed by atoms with E-state index in [9.17, 15) is 0 Å². The van der Waals surface area contributed by atoms with E-state index in [-0.39, 0.29) is 10.8 Å². The number of hydrogen-bond donors (Lipinski definition) is 0. The highest BCUT2D eigenvalue weighted by Gasteiger charge is 2.37. The molecule has 0 radical (unpaired) electrons. The molecule has 0 aromatic heterocycles. The van der Waals surface area contributed by atoms with Gasteiger partial charge in [-0.2, -0.15) is 0 Å². The van der Waals surface area contributed by atoms with Crippen molar-refractivity contribution in [3.8, 4) is 22.3 Å². The highest BCUT2D eigenvalue weighted by Crippen LogP contribution is 2.53. The van der Waals surface area contributed by atoms with E-state index in [2.05, 4.69) is 172 Å². The highest BCUT2D eigenvalue weighted by atomic mass is 15.1. The fourth-order valence-electron chi connectivity index (χ4n) is 8.15. The molecule has 0 atom stereocenters. The van der Waals surface area contributed by atoms with Crippen LogP contribution in [-0.2, 0) is 10.8 Å². The first-order chi connectivity index (χ1) is 21.8. The Bertz CT molecular complexity index is 2320. The zero-order valence-corrected chi connectivity index (χ0v) is 26.2. The lowest BCUT2D eigenvalue weighted by molar-refractivity contribution is 0.660. The topological polar surface area (TPSA) is 3.24 Å². The molecule has 2 aliphatic rings. The van der Waals surface area contributed by atoms with Crippen molar-refractivity contribution in [3.63, 3.8) is 0 Å². The molecule has 0 spiro atoms. The van der Waals surface area contributed by atoms with Crippen LogP contribution >= 0.6 is 0 Å². The molecule has 2 aliphatic carbocycles. The first kappa shape index (κ1) is 26.3. The highest BCUT2D eigenvalue weighted by molar-refractivity contribution is 5.99. The summed E-state index contributed by atoms with van der Waals surface area (Å²) in [5, 5.41) is 5.15. The van der Waals surface area contributed by atoms with Gasteiger partial charge in [0.25, 0.3) is 0 Å². The Labute approximate surface area is 265 Å². The summed E-state index contributed by atoms with van der Waals surface area (Å²) in [6, 6.07) is 52.1. The smallest absolute Gasteiger partial charge is 0.0468 e. The Morgan fingerprint density at radius 1 is 0.333 bits per heavy atom. The molecule has 0 unspecified atom stereocenters. The molecule has 0 N–H and O–H groups in total. The third-order valence-corrected chi connectivity index (χ3v) is 10.6. The number of para-hydroxylation sites is 1. The molecule has 216 valence electrons. The van der Waals surface area contributed by atoms with Crippen molar-refractivity contribution in [2.24, 2.45) is 0 Å². The van der Waals surface area contributed by atoms with Gasteiger partial charge >= 0.3 is 0 Å². The van der Waals surface area contributed by atoms with Gasteiger partial charge in [0.1, 0.15) is 0 Å². The van der Waals surface area contributed by atoms with E-state index in [1.807, 2.05) is 0 Å². The summed E-state index contributed by atoms with van der Waals surface area (Å²) < 4.78 is 0. The minimum atomic E-state index is -0.0709. The second-order valence-corrected chi connectivity index (χ2v) is 13.9. The molecule has 7 aromatic carbocycles. The van der Waals surface area contributed by atoms with Gasteiger partial charge < -0.3 is 4.90 Å². The minimum absolute atomic E-state index is 0.0559. The van der Waals surface area contributed by atoms with Crippen molar-refractivity contribution in [1.82, 2.24) is 0 Å². The Kier molecular flexibility index (Phi) is 5.37. The lowest BCUT2D eigenvalue weighted by atomic mass is 9.81. The van der Waals surface area contributed by atoms with Crippen molar-refractivity contribution in [2.75, 3.05) is 4.90 Å². The van der Waals surface area contributed by atoms with Crippen LogP contribution in [0.4, 0.5) is 17.1 Å². The van der Waals surface area contributed by atoms with Crippen LogP contribution in [-0.4, -0.2) is 0 Å². The normalized spacial score (nSPS) is 15.0. The fourth-order valence-corrected chi connectivity index (χ4v) is 8.15. The molecule has 0 saturated carbocycles. The number of benzene rings is 7. The second kappa shape index (κ2) is 9.19. The summed E-state index contributed by atoms with van der Waals surface area (Å²) >= 11 is 0. The molecule has 9 rings (SSSR count). The minimum Gasteiger partial charge on any atom is -0.310 e. The standard InChI is InChI=1S/C44H35N/c1-43(2)39-17-11-10-16-35(39)36-21-20-34(27-42(36)43)45(32-14-6-5-7-15-32)33-19-18-30-24-38-37-23-28-12-8-9-13-29(28)25-40(37)44(3,4)41(38)26-31(30)22-33/h5-27H,1-4H3. The van der Waals surface area contributed by atoms with Crippen molar-refractivity contribution < 1.29 is 0 Å². The lowest BCUT2D eigenvalue weighted by Gasteiger charge is -2.28. The Hall–Kier alpha value is -5.14. The largest absolute Gasteiger partial charge is 0.310 e. The van der Waals surface area contributed by atoms with E-state index in [1.165, 1.54) is 77.4 Å². The monoisotopic (exact) mass is 577 g/mol. The van der Waals surface area contributed by atoms with Crippen LogP contribution in [0.5, 0.6) is 0 Å². The van der Waals surface area contributed by atoms with E-state index in [0.717, 1.165) is 5.69 Å². The number of hydrogen-bond acceptors (Lipinski definition) is 1. The number of rotatable bonds is 3.